The van der Waals surface area contributed by atoms with E-state index >= 15 is 0 Å². The highest BCUT2D eigenvalue weighted by atomic mass is 19.1. The van der Waals surface area contributed by atoms with E-state index in [0.717, 1.165) is 0 Å². The monoisotopic (exact) mass is 325 g/mol. The summed E-state index contributed by atoms with van der Waals surface area (Å²) in [5, 5.41) is 13.6. The fourth-order valence-electron chi connectivity index (χ4n) is 2.31. The number of nitrogens with one attached hydrogen (secondary N) is 1. The number of nitrogens with zero attached hydrogens (tertiary/aromatic N) is 4. The molecule has 0 aliphatic rings. The SMILES string of the molecule is CC(C)c1ccc(NC(=O)c2ccc(F)cc2-n2cnnn2)cc1. The molecule has 24 heavy (non-hydrogen) atoms. The molecule has 0 fully saturated rings. The van der Waals surface area contributed by atoms with Crippen molar-refractivity contribution in [2.24, 2.45) is 0 Å². The molecule has 0 aliphatic carbocycles. The van der Waals surface area contributed by atoms with Crippen LogP contribution in [-0.4, -0.2) is 26.1 Å². The first kappa shape index (κ1) is 15.8. The van der Waals surface area contributed by atoms with Gasteiger partial charge in [-0.3, -0.25) is 4.79 Å². The van der Waals surface area contributed by atoms with Crippen molar-refractivity contribution in [3.05, 3.63) is 65.7 Å². The van der Waals surface area contributed by atoms with Gasteiger partial charge in [0.05, 0.1) is 11.3 Å². The number of carbonyl (C=O) groups is 1. The van der Waals surface area contributed by atoms with Crippen LogP contribution in [0.3, 0.4) is 0 Å². The van der Waals surface area contributed by atoms with Crippen LogP contribution in [0.1, 0.15) is 35.7 Å². The van der Waals surface area contributed by atoms with Crippen LogP contribution in [0.2, 0.25) is 0 Å². The second-order valence-electron chi connectivity index (χ2n) is 5.65. The summed E-state index contributed by atoms with van der Waals surface area (Å²) in [7, 11) is 0. The van der Waals surface area contributed by atoms with Gasteiger partial charge in [-0.1, -0.05) is 26.0 Å². The predicted octanol–water partition coefficient (Wildman–Crippen LogP) is 3.18. The molecule has 6 nitrogen and oxygen atoms in total. The van der Waals surface area contributed by atoms with E-state index in [9.17, 15) is 9.18 Å². The first-order chi connectivity index (χ1) is 11.5. The number of benzene rings is 2. The lowest BCUT2D eigenvalue weighted by Gasteiger charge is -2.11. The Labute approximate surface area is 138 Å². The molecule has 0 unspecified atom stereocenters. The summed E-state index contributed by atoms with van der Waals surface area (Å²) in [4.78, 5) is 12.5. The predicted molar refractivity (Wildman–Crippen MR) is 87.6 cm³/mol. The van der Waals surface area contributed by atoms with Crippen molar-refractivity contribution in [1.82, 2.24) is 20.2 Å². The van der Waals surface area contributed by atoms with Crippen molar-refractivity contribution in [3.8, 4) is 5.69 Å². The molecule has 0 saturated carbocycles. The third kappa shape index (κ3) is 3.29. The number of tetrazole rings is 1. The van der Waals surface area contributed by atoms with E-state index < -0.39 is 5.82 Å². The van der Waals surface area contributed by atoms with Crippen molar-refractivity contribution in [3.63, 3.8) is 0 Å². The standard InChI is InChI=1S/C17H16FN5O/c1-11(2)12-3-6-14(7-4-12)20-17(24)15-8-5-13(18)9-16(15)23-10-19-21-22-23/h3-11H,1-2H3,(H,20,24). The van der Waals surface area contributed by atoms with Gasteiger partial charge >= 0.3 is 0 Å². The number of amides is 1. The number of halogens is 1. The van der Waals surface area contributed by atoms with Gasteiger partial charge in [0.1, 0.15) is 12.1 Å². The Morgan fingerprint density at radius 3 is 2.54 bits per heavy atom. The van der Waals surface area contributed by atoms with Crippen molar-refractivity contribution >= 4 is 11.6 Å². The molecule has 1 amide bonds. The van der Waals surface area contributed by atoms with Gasteiger partial charge in [0, 0.05) is 11.8 Å². The second kappa shape index (κ2) is 6.57. The van der Waals surface area contributed by atoms with Gasteiger partial charge in [0.15, 0.2) is 0 Å². The zero-order valence-electron chi connectivity index (χ0n) is 13.3. The number of hydrogen-bond acceptors (Lipinski definition) is 4. The average Bonchev–Trinajstić information content (AvgIpc) is 3.09. The highest BCUT2D eigenvalue weighted by Gasteiger charge is 2.15. The molecule has 3 rings (SSSR count). The summed E-state index contributed by atoms with van der Waals surface area (Å²) in [5.41, 5.74) is 2.40. The number of anilines is 1. The molecule has 0 spiro atoms. The topological polar surface area (TPSA) is 72.7 Å². The highest BCUT2D eigenvalue weighted by Crippen LogP contribution is 2.20. The van der Waals surface area contributed by atoms with Crippen LogP contribution >= 0.6 is 0 Å². The van der Waals surface area contributed by atoms with E-state index in [2.05, 4.69) is 34.7 Å². The van der Waals surface area contributed by atoms with Crippen LogP contribution in [0.5, 0.6) is 0 Å². The summed E-state index contributed by atoms with van der Waals surface area (Å²) in [5.74, 6) is -0.422. The van der Waals surface area contributed by atoms with Crippen LogP contribution in [0.25, 0.3) is 5.69 Å². The Kier molecular flexibility index (Phi) is 4.33. The van der Waals surface area contributed by atoms with E-state index in [0.29, 0.717) is 11.6 Å². The number of aromatic nitrogens is 4. The molecular formula is C17H16FN5O. The summed E-state index contributed by atoms with van der Waals surface area (Å²) < 4.78 is 14.8. The molecule has 0 bridgehead atoms. The molecule has 3 aromatic rings. The maximum atomic E-state index is 13.5. The van der Waals surface area contributed by atoms with Gasteiger partial charge in [0.2, 0.25) is 0 Å². The minimum atomic E-state index is -0.474. The van der Waals surface area contributed by atoms with Crippen molar-refractivity contribution in [2.75, 3.05) is 5.32 Å². The van der Waals surface area contributed by atoms with Crippen LogP contribution in [-0.2, 0) is 0 Å². The zero-order chi connectivity index (χ0) is 17.1. The molecule has 1 heterocycles. The lowest BCUT2D eigenvalue weighted by molar-refractivity contribution is 0.102. The number of carbonyl (C=O) groups excluding carboxylic acids is 1. The maximum Gasteiger partial charge on any atom is 0.257 e. The molecular weight excluding hydrogens is 309 g/mol. The van der Waals surface area contributed by atoms with Crippen molar-refractivity contribution in [1.29, 1.82) is 0 Å². The van der Waals surface area contributed by atoms with Gasteiger partial charge in [-0.15, -0.1) is 5.10 Å². The molecule has 0 radical (unpaired) electrons. The molecule has 1 N–H and O–H groups in total. The normalized spacial score (nSPS) is 10.8. The largest absolute Gasteiger partial charge is 0.322 e. The van der Waals surface area contributed by atoms with Gasteiger partial charge in [-0.25, -0.2) is 4.39 Å². The molecule has 2 aromatic carbocycles. The van der Waals surface area contributed by atoms with Gasteiger partial charge < -0.3 is 5.32 Å². The average molecular weight is 325 g/mol. The first-order valence-corrected chi connectivity index (χ1v) is 7.49. The minimum Gasteiger partial charge on any atom is -0.322 e. The Morgan fingerprint density at radius 2 is 1.92 bits per heavy atom. The van der Waals surface area contributed by atoms with E-state index in [1.807, 2.05) is 24.3 Å². The van der Waals surface area contributed by atoms with Crippen molar-refractivity contribution < 1.29 is 9.18 Å². The van der Waals surface area contributed by atoms with Gasteiger partial charge in [0.25, 0.3) is 5.91 Å². The van der Waals surface area contributed by atoms with Crippen LogP contribution < -0.4 is 5.32 Å². The molecule has 0 aliphatic heterocycles. The molecule has 7 heteroatoms. The number of hydrogen-bond donors (Lipinski definition) is 1. The van der Waals surface area contributed by atoms with Crippen LogP contribution in [0, 0.1) is 5.82 Å². The summed E-state index contributed by atoms with van der Waals surface area (Å²) in [6, 6.07) is 11.5. The molecule has 122 valence electrons. The third-order valence-electron chi connectivity index (χ3n) is 3.64. The van der Waals surface area contributed by atoms with Crippen LogP contribution in [0.4, 0.5) is 10.1 Å². The van der Waals surface area contributed by atoms with E-state index in [1.54, 1.807) is 0 Å². The van der Waals surface area contributed by atoms with Crippen LogP contribution in [0.15, 0.2) is 48.8 Å². The Balaban J connectivity index is 1.88. The van der Waals surface area contributed by atoms with Crippen molar-refractivity contribution in [2.45, 2.75) is 19.8 Å². The first-order valence-electron chi connectivity index (χ1n) is 7.49. The fraction of sp³-hybridized carbons (Fsp3) is 0.176. The zero-order valence-corrected chi connectivity index (χ0v) is 13.3. The molecule has 0 atom stereocenters. The summed E-state index contributed by atoms with van der Waals surface area (Å²) in [6.07, 6.45) is 1.31. The smallest absolute Gasteiger partial charge is 0.257 e. The van der Waals surface area contributed by atoms with Gasteiger partial charge in [-0.05, 0) is 46.2 Å². The highest BCUT2D eigenvalue weighted by molar-refractivity contribution is 6.06. The lowest BCUT2D eigenvalue weighted by atomic mass is 10.0. The summed E-state index contributed by atoms with van der Waals surface area (Å²) in [6.45, 7) is 4.20. The molecule has 0 saturated heterocycles. The minimum absolute atomic E-state index is 0.274. The fourth-order valence-corrected chi connectivity index (χ4v) is 2.31. The second-order valence-corrected chi connectivity index (χ2v) is 5.65. The summed E-state index contributed by atoms with van der Waals surface area (Å²) >= 11 is 0. The Bertz CT molecular complexity index is 844. The van der Waals surface area contributed by atoms with E-state index in [-0.39, 0.29) is 17.2 Å². The quantitative estimate of drug-likeness (QED) is 0.799. The van der Waals surface area contributed by atoms with E-state index in [1.165, 1.54) is 34.8 Å². The molecule has 1 aromatic heterocycles. The van der Waals surface area contributed by atoms with E-state index in [4.69, 9.17) is 0 Å². The lowest BCUT2D eigenvalue weighted by Crippen LogP contribution is -2.15. The van der Waals surface area contributed by atoms with Gasteiger partial charge in [-0.2, -0.15) is 4.68 Å². The Hall–Kier alpha value is -3.09. The number of rotatable bonds is 4. The maximum absolute atomic E-state index is 13.5. The Morgan fingerprint density at radius 1 is 1.17 bits per heavy atom. The third-order valence-corrected chi connectivity index (χ3v) is 3.64.